The molecule has 2 fully saturated rings. The first-order chi connectivity index (χ1) is 8.80. The number of carbonyl (C=O) groups excluding carboxylic acids is 2. The van der Waals surface area contributed by atoms with Crippen molar-refractivity contribution in [1.82, 2.24) is 4.90 Å². The number of likely N-dealkylation sites (tertiary alicyclic amines) is 1. The molecule has 0 aromatic carbocycles. The molecular weight excluding hydrogens is 259 g/mol. The molecule has 0 bridgehead atoms. The fourth-order valence-corrected chi connectivity index (χ4v) is 3.17. The lowest BCUT2D eigenvalue weighted by molar-refractivity contribution is -0.192. The zero-order valence-corrected chi connectivity index (χ0v) is 10.5. The third kappa shape index (κ3) is 2.40. The Hall–Kier alpha value is -1.33. The molecule has 2 aliphatic rings. The first kappa shape index (κ1) is 14.1. The van der Waals surface area contributed by atoms with Crippen molar-refractivity contribution in [3.05, 3.63) is 12.7 Å². The third-order valence-corrected chi connectivity index (χ3v) is 4.11. The summed E-state index contributed by atoms with van der Waals surface area (Å²) in [5.74, 6) is -2.30. The van der Waals surface area contributed by atoms with Crippen molar-refractivity contribution in [1.29, 1.82) is 0 Å². The molecule has 1 heterocycles. The number of imide groups is 1. The molecule has 0 aromatic heterocycles. The molecule has 0 aromatic rings. The molecule has 1 saturated heterocycles. The van der Waals surface area contributed by atoms with Gasteiger partial charge in [-0.25, -0.2) is 0 Å². The monoisotopic (exact) mass is 275 g/mol. The van der Waals surface area contributed by atoms with Crippen molar-refractivity contribution in [2.75, 3.05) is 6.54 Å². The van der Waals surface area contributed by atoms with E-state index in [0.717, 1.165) is 4.90 Å². The Bertz CT molecular complexity index is 419. The van der Waals surface area contributed by atoms with E-state index in [-0.39, 0.29) is 31.7 Å². The number of carbonyl (C=O) groups is 2. The molecule has 0 unspecified atom stereocenters. The molecule has 0 radical (unpaired) electrons. The minimum atomic E-state index is -4.29. The first-order valence-corrected chi connectivity index (χ1v) is 6.32. The number of hydrogen-bond donors (Lipinski definition) is 0. The molecule has 2 atom stereocenters. The second-order valence-corrected chi connectivity index (χ2v) is 5.39. The summed E-state index contributed by atoms with van der Waals surface area (Å²) < 4.78 is 38.5. The van der Waals surface area contributed by atoms with Crippen molar-refractivity contribution < 1.29 is 22.8 Å². The van der Waals surface area contributed by atoms with Crippen LogP contribution in [0.1, 0.15) is 32.1 Å². The Kier molecular flexibility index (Phi) is 3.45. The van der Waals surface area contributed by atoms with Crippen LogP contribution < -0.4 is 0 Å². The van der Waals surface area contributed by atoms with Gasteiger partial charge in [0.25, 0.3) is 0 Å². The van der Waals surface area contributed by atoms with Crippen LogP contribution in [-0.2, 0) is 9.59 Å². The van der Waals surface area contributed by atoms with Crippen LogP contribution in [0.5, 0.6) is 0 Å². The van der Waals surface area contributed by atoms with Gasteiger partial charge in [0.05, 0.1) is 11.3 Å². The van der Waals surface area contributed by atoms with E-state index in [4.69, 9.17) is 0 Å². The summed E-state index contributed by atoms with van der Waals surface area (Å²) in [6.45, 7) is 3.53. The van der Waals surface area contributed by atoms with E-state index in [2.05, 4.69) is 6.58 Å². The molecule has 1 aliphatic carbocycles. The minimum absolute atomic E-state index is 0.0498. The molecule has 3 nitrogen and oxygen atoms in total. The maximum absolute atomic E-state index is 12.8. The highest BCUT2D eigenvalue weighted by atomic mass is 19.4. The predicted octanol–water partition coefficient (Wildman–Crippen LogP) is 2.67. The summed E-state index contributed by atoms with van der Waals surface area (Å²) >= 11 is 0. The van der Waals surface area contributed by atoms with E-state index < -0.39 is 23.4 Å². The predicted molar refractivity (Wildman–Crippen MR) is 62.0 cm³/mol. The fourth-order valence-electron chi connectivity index (χ4n) is 3.17. The van der Waals surface area contributed by atoms with Crippen LogP contribution in [0.15, 0.2) is 12.7 Å². The van der Waals surface area contributed by atoms with E-state index in [9.17, 15) is 22.8 Å². The van der Waals surface area contributed by atoms with Gasteiger partial charge in [-0.15, -0.1) is 6.58 Å². The van der Waals surface area contributed by atoms with E-state index in [1.807, 2.05) is 0 Å². The Labute approximate surface area is 109 Å². The van der Waals surface area contributed by atoms with Gasteiger partial charge in [0, 0.05) is 13.0 Å². The largest absolute Gasteiger partial charge is 0.391 e. The fraction of sp³-hybridized carbons (Fsp3) is 0.692. The lowest BCUT2D eigenvalue weighted by Gasteiger charge is -2.36. The number of rotatable bonds is 2. The van der Waals surface area contributed by atoms with Gasteiger partial charge in [-0.2, -0.15) is 13.2 Å². The second kappa shape index (κ2) is 4.65. The van der Waals surface area contributed by atoms with Crippen molar-refractivity contribution in [2.24, 2.45) is 11.3 Å². The maximum atomic E-state index is 12.8. The normalized spacial score (nSPS) is 32.2. The Morgan fingerprint density at radius 1 is 1.42 bits per heavy atom. The Morgan fingerprint density at radius 3 is 2.68 bits per heavy atom. The first-order valence-electron chi connectivity index (χ1n) is 6.32. The summed E-state index contributed by atoms with van der Waals surface area (Å²) in [6.07, 6.45) is -2.46. The molecule has 2 amide bonds. The smallest absolute Gasteiger partial charge is 0.278 e. The molecule has 19 heavy (non-hydrogen) atoms. The lowest BCUT2D eigenvalue weighted by Crippen LogP contribution is -2.41. The molecule has 1 aliphatic heterocycles. The van der Waals surface area contributed by atoms with Gasteiger partial charge >= 0.3 is 6.18 Å². The summed E-state index contributed by atoms with van der Waals surface area (Å²) in [5, 5.41) is 0. The number of hydrogen-bond acceptors (Lipinski definition) is 2. The topological polar surface area (TPSA) is 37.4 Å². The van der Waals surface area contributed by atoms with Gasteiger partial charge < -0.3 is 0 Å². The number of amides is 2. The molecule has 106 valence electrons. The van der Waals surface area contributed by atoms with E-state index in [1.54, 1.807) is 0 Å². The average molecular weight is 275 g/mol. The number of alkyl halides is 3. The van der Waals surface area contributed by atoms with Crippen LogP contribution in [0.3, 0.4) is 0 Å². The zero-order valence-electron chi connectivity index (χ0n) is 10.5. The van der Waals surface area contributed by atoms with Crippen LogP contribution >= 0.6 is 0 Å². The van der Waals surface area contributed by atoms with Crippen LogP contribution in [-0.4, -0.2) is 29.4 Å². The molecule has 0 N–H and O–H groups in total. The minimum Gasteiger partial charge on any atom is -0.278 e. The summed E-state index contributed by atoms with van der Waals surface area (Å²) in [6, 6.07) is 0. The third-order valence-electron chi connectivity index (χ3n) is 4.11. The van der Waals surface area contributed by atoms with E-state index in [0.29, 0.717) is 12.8 Å². The van der Waals surface area contributed by atoms with Crippen molar-refractivity contribution in [3.63, 3.8) is 0 Å². The quantitative estimate of drug-likeness (QED) is 0.574. The van der Waals surface area contributed by atoms with Crippen LogP contribution in [0, 0.1) is 11.3 Å². The van der Waals surface area contributed by atoms with Crippen molar-refractivity contribution in [3.8, 4) is 0 Å². The summed E-state index contributed by atoms with van der Waals surface area (Å²) in [5.41, 5.74) is -1.13. The van der Waals surface area contributed by atoms with Gasteiger partial charge in [0.1, 0.15) is 0 Å². The Morgan fingerprint density at radius 2 is 2.11 bits per heavy atom. The van der Waals surface area contributed by atoms with Crippen molar-refractivity contribution >= 4 is 11.8 Å². The second-order valence-electron chi connectivity index (χ2n) is 5.39. The highest BCUT2D eigenvalue weighted by Gasteiger charge is 2.56. The lowest BCUT2D eigenvalue weighted by atomic mass is 9.68. The number of halogens is 3. The Balaban J connectivity index is 2.22. The van der Waals surface area contributed by atoms with Crippen LogP contribution in [0.2, 0.25) is 0 Å². The van der Waals surface area contributed by atoms with Gasteiger partial charge in [0.15, 0.2) is 0 Å². The molecule has 1 spiro atoms. The molecule has 6 heteroatoms. The van der Waals surface area contributed by atoms with Gasteiger partial charge in [0.2, 0.25) is 11.8 Å². The maximum Gasteiger partial charge on any atom is 0.391 e. The van der Waals surface area contributed by atoms with Crippen LogP contribution in [0.4, 0.5) is 13.2 Å². The van der Waals surface area contributed by atoms with Gasteiger partial charge in [-0.1, -0.05) is 12.5 Å². The van der Waals surface area contributed by atoms with Crippen molar-refractivity contribution in [2.45, 2.75) is 38.3 Å². The standard InChI is InChI=1S/C13H16F3NO2/c1-2-6-17-10(18)8-12(11(17)19)5-3-4-9(7-12)13(14,15)16/h2,9H,1,3-8H2/t9-,12-/m0/s1. The SMILES string of the molecule is C=CCN1C(=O)C[C@@]2(CCC[C@H](C(F)(F)F)C2)C1=O. The number of nitrogens with zero attached hydrogens (tertiary/aromatic N) is 1. The van der Waals surface area contributed by atoms with Gasteiger partial charge in [-0.3, -0.25) is 14.5 Å². The molecule has 1 saturated carbocycles. The van der Waals surface area contributed by atoms with E-state index >= 15 is 0 Å². The highest BCUT2D eigenvalue weighted by molar-refractivity contribution is 6.06. The molecule has 2 rings (SSSR count). The molecular formula is C13H16F3NO2. The van der Waals surface area contributed by atoms with E-state index in [1.165, 1.54) is 6.08 Å². The van der Waals surface area contributed by atoms with Gasteiger partial charge in [-0.05, 0) is 19.3 Å². The average Bonchev–Trinajstić information content (AvgIpc) is 2.53. The van der Waals surface area contributed by atoms with Crippen LogP contribution in [0.25, 0.3) is 0 Å². The highest BCUT2D eigenvalue weighted by Crippen LogP contribution is 2.51. The summed E-state index contributed by atoms with van der Waals surface area (Å²) in [4.78, 5) is 25.1. The zero-order chi connectivity index (χ0) is 14.3. The summed E-state index contributed by atoms with van der Waals surface area (Å²) in [7, 11) is 0.